The van der Waals surface area contributed by atoms with Crippen molar-refractivity contribution in [3.63, 3.8) is 0 Å². The zero-order valence-electron chi connectivity index (χ0n) is 17.1. The number of halogens is 5. The maximum absolute atomic E-state index is 14.7. The Morgan fingerprint density at radius 2 is 1.94 bits per heavy atom. The third-order valence-electron chi connectivity index (χ3n) is 4.86. The molecule has 1 saturated heterocycles. The Morgan fingerprint density at radius 1 is 1.21 bits per heavy atom. The number of thioether (sulfide) groups is 1. The van der Waals surface area contributed by atoms with E-state index in [-0.39, 0.29) is 49.3 Å². The molecule has 178 valence electrons. The lowest BCUT2D eigenvalue weighted by Crippen LogP contribution is -2.41. The number of rotatable bonds is 4. The van der Waals surface area contributed by atoms with E-state index < -0.39 is 34.6 Å². The van der Waals surface area contributed by atoms with Crippen LogP contribution < -0.4 is 11.2 Å². The minimum atomic E-state index is -4.97. The average Bonchev–Trinajstić information content (AvgIpc) is 3.38. The highest BCUT2D eigenvalue weighted by Crippen LogP contribution is 2.33. The van der Waals surface area contributed by atoms with Crippen molar-refractivity contribution in [3.05, 3.63) is 79.7 Å². The summed E-state index contributed by atoms with van der Waals surface area (Å²) in [5.74, 6) is -1.30. The van der Waals surface area contributed by atoms with Crippen molar-refractivity contribution in [2.75, 3.05) is 5.75 Å². The zero-order valence-corrected chi connectivity index (χ0v) is 18.7. The largest absolute Gasteiger partial charge is 0.472 e. The number of carbonyl (C=O) groups excluding carboxylic acids is 1. The lowest BCUT2D eigenvalue weighted by atomic mass is 10.2. The van der Waals surface area contributed by atoms with Crippen LogP contribution in [0.5, 0.6) is 0 Å². The van der Waals surface area contributed by atoms with Crippen LogP contribution in [-0.4, -0.2) is 30.9 Å². The lowest BCUT2D eigenvalue weighted by Gasteiger charge is -2.16. The molecule has 1 aliphatic heterocycles. The molecular formula is C20H13ClF4N4O4S. The van der Waals surface area contributed by atoms with Gasteiger partial charge in [0.05, 0.1) is 41.2 Å². The summed E-state index contributed by atoms with van der Waals surface area (Å²) in [6.07, 6.45) is -2.08. The fourth-order valence-corrected chi connectivity index (χ4v) is 4.29. The fourth-order valence-electron chi connectivity index (χ4n) is 3.21. The molecule has 2 aromatic heterocycles. The van der Waals surface area contributed by atoms with Gasteiger partial charge in [-0.3, -0.25) is 19.1 Å². The number of aromatic nitrogens is 2. The Labute approximate surface area is 197 Å². The molecule has 3 aromatic rings. The minimum Gasteiger partial charge on any atom is -0.472 e. The highest BCUT2D eigenvalue weighted by atomic mass is 35.5. The van der Waals surface area contributed by atoms with Crippen LogP contribution in [0.2, 0.25) is 5.02 Å². The number of amidine groups is 1. The van der Waals surface area contributed by atoms with E-state index in [0.29, 0.717) is 5.56 Å². The SMILES string of the molecule is Cn1c(C(F)(F)F)cc(=O)n(-c2cc(N=C3SCC(=O)N3Cc3ccoc3)c(Cl)cc2F)c1=O. The third-order valence-corrected chi connectivity index (χ3v) is 6.13. The monoisotopic (exact) mass is 516 g/mol. The molecule has 1 fully saturated rings. The summed E-state index contributed by atoms with van der Waals surface area (Å²) in [5.41, 5.74) is -4.33. The number of amides is 1. The Kier molecular flexibility index (Phi) is 6.16. The van der Waals surface area contributed by atoms with Crippen LogP contribution in [0, 0.1) is 5.82 Å². The fraction of sp³-hybridized carbons (Fsp3) is 0.200. The van der Waals surface area contributed by atoms with Gasteiger partial charge in [0.25, 0.3) is 5.56 Å². The molecule has 3 heterocycles. The summed E-state index contributed by atoms with van der Waals surface area (Å²) in [6, 6.07) is 3.59. The van der Waals surface area contributed by atoms with E-state index in [9.17, 15) is 31.9 Å². The van der Waals surface area contributed by atoms with Gasteiger partial charge in [0.15, 0.2) is 5.17 Å². The normalized spacial score (nSPS) is 15.5. The number of carbonyl (C=O) groups is 1. The summed E-state index contributed by atoms with van der Waals surface area (Å²) in [7, 11) is 0.810. The van der Waals surface area contributed by atoms with Gasteiger partial charge in [-0.2, -0.15) is 13.2 Å². The van der Waals surface area contributed by atoms with Crippen LogP contribution in [0.25, 0.3) is 5.69 Å². The van der Waals surface area contributed by atoms with Crippen molar-refractivity contribution in [1.29, 1.82) is 0 Å². The summed E-state index contributed by atoms with van der Waals surface area (Å²) >= 11 is 7.18. The predicted molar refractivity (Wildman–Crippen MR) is 116 cm³/mol. The maximum Gasteiger partial charge on any atom is 0.431 e. The third kappa shape index (κ3) is 4.40. The Balaban J connectivity index is 1.82. The molecule has 8 nitrogen and oxygen atoms in total. The quantitative estimate of drug-likeness (QED) is 0.493. The van der Waals surface area contributed by atoms with Crippen molar-refractivity contribution >= 4 is 40.1 Å². The van der Waals surface area contributed by atoms with Gasteiger partial charge < -0.3 is 4.42 Å². The second kappa shape index (κ2) is 8.80. The number of hydrogen-bond donors (Lipinski definition) is 0. The molecule has 4 rings (SSSR count). The van der Waals surface area contributed by atoms with Crippen LogP contribution in [0.4, 0.5) is 23.2 Å². The van der Waals surface area contributed by atoms with Crippen LogP contribution in [0.3, 0.4) is 0 Å². The molecule has 1 amide bonds. The van der Waals surface area contributed by atoms with Crippen molar-refractivity contribution in [3.8, 4) is 5.69 Å². The zero-order chi connectivity index (χ0) is 24.8. The lowest BCUT2D eigenvalue weighted by molar-refractivity contribution is -0.144. The molecule has 0 spiro atoms. The number of alkyl halides is 3. The molecule has 1 aliphatic rings. The van der Waals surface area contributed by atoms with Crippen LogP contribution in [0.15, 0.2) is 55.8 Å². The molecule has 0 aliphatic carbocycles. The van der Waals surface area contributed by atoms with Gasteiger partial charge in [0.1, 0.15) is 11.5 Å². The Bertz CT molecular complexity index is 1430. The smallest absolute Gasteiger partial charge is 0.431 e. The number of aliphatic imine (C=N–C) groups is 1. The van der Waals surface area contributed by atoms with E-state index >= 15 is 0 Å². The molecular weight excluding hydrogens is 504 g/mol. The van der Waals surface area contributed by atoms with Crippen molar-refractivity contribution < 1.29 is 26.8 Å². The molecule has 0 unspecified atom stereocenters. The number of benzene rings is 1. The Hall–Kier alpha value is -3.32. The van der Waals surface area contributed by atoms with Gasteiger partial charge in [0.2, 0.25) is 5.91 Å². The van der Waals surface area contributed by atoms with Gasteiger partial charge in [-0.1, -0.05) is 23.4 Å². The maximum atomic E-state index is 14.7. The highest BCUT2D eigenvalue weighted by molar-refractivity contribution is 8.15. The van der Waals surface area contributed by atoms with Crippen LogP contribution in [-0.2, 0) is 24.6 Å². The standard InChI is InChI=1S/C20H13ClF4N4O4S/c1-27-15(20(23,24)25)6-16(30)29(19(27)32)14-5-13(11(21)4-12(14)22)26-18-28(17(31)9-34-18)7-10-2-3-33-8-10/h2-6,8H,7,9H2,1H3. The summed E-state index contributed by atoms with van der Waals surface area (Å²) in [5, 5.41) is 0.0204. The molecule has 0 saturated carbocycles. The van der Waals surface area contributed by atoms with Gasteiger partial charge in [-0.15, -0.1) is 0 Å². The minimum absolute atomic E-state index is 0.0846. The molecule has 34 heavy (non-hydrogen) atoms. The summed E-state index contributed by atoms with van der Waals surface area (Å²) < 4.78 is 59.5. The number of nitrogens with zero attached hydrogens (tertiary/aromatic N) is 4. The van der Waals surface area contributed by atoms with Crippen LogP contribution >= 0.6 is 23.4 Å². The first kappa shape index (κ1) is 23.8. The van der Waals surface area contributed by atoms with E-state index in [1.807, 2.05) is 0 Å². The van der Waals surface area contributed by atoms with E-state index in [1.165, 1.54) is 17.4 Å². The molecule has 0 atom stereocenters. The second-order valence-electron chi connectivity index (χ2n) is 7.09. The average molecular weight is 517 g/mol. The van der Waals surface area contributed by atoms with E-state index in [4.69, 9.17) is 16.0 Å². The highest BCUT2D eigenvalue weighted by Gasteiger charge is 2.35. The summed E-state index contributed by atoms with van der Waals surface area (Å²) in [4.78, 5) is 42.8. The Morgan fingerprint density at radius 3 is 2.59 bits per heavy atom. The molecule has 14 heteroatoms. The molecule has 0 N–H and O–H groups in total. The van der Waals surface area contributed by atoms with E-state index in [0.717, 1.165) is 30.9 Å². The van der Waals surface area contributed by atoms with Gasteiger partial charge >= 0.3 is 11.9 Å². The first-order valence-electron chi connectivity index (χ1n) is 9.40. The molecule has 0 bridgehead atoms. The van der Waals surface area contributed by atoms with Gasteiger partial charge in [-0.25, -0.2) is 18.7 Å². The first-order chi connectivity index (χ1) is 16.0. The van der Waals surface area contributed by atoms with Gasteiger partial charge in [0, 0.05) is 18.7 Å². The molecule has 0 radical (unpaired) electrons. The first-order valence-corrected chi connectivity index (χ1v) is 10.8. The van der Waals surface area contributed by atoms with Crippen molar-refractivity contribution in [2.45, 2.75) is 12.7 Å². The molecule has 1 aromatic carbocycles. The topological polar surface area (TPSA) is 89.8 Å². The second-order valence-corrected chi connectivity index (χ2v) is 8.44. The van der Waals surface area contributed by atoms with E-state index in [2.05, 4.69) is 4.99 Å². The van der Waals surface area contributed by atoms with E-state index in [1.54, 1.807) is 6.07 Å². The van der Waals surface area contributed by atoms with Crippen molar-refractivity contribution in [1.82, 2.24) is 14.0 Å². The number of hydrogen-bond acceptors (Lipinski definition) is 6. The predicted octanol–water partition coefficient (Wildman–Crippen LogP) is 3.70. The van der Waals surface area contributed by atoms with Crippen molar-refractivity contribution in [2.24, 2.45) is 12.0 Å². The van der Waals surface area contributed by atoms with Gasteiger partial charge in [-0.05, 0) is 18.2 Å². The van der Waals surface area contributed by atoms with Crippen LogP contribution in [0.1, 0.15) is 11.3 Å². The summed E-state index contributed by atoms with van der Waals surface area (Å²) in [6.45, 7) is 0.145. The number of furan rings is 1.